The van der Waals surface area contributed by atoms with Crippen LogP contribution in [0.4, 0.5) is 0 Å². The van der Waals surface area contributed by atoms with Crippen LogP contribution in [0.5, 0.6) is 11.5 Å². The van der Waals surface area contributed by atoms with E-state index < -0.39 is 6.04 Å². The molecule has 2 atom stereocenters. The standard InChI is InChI=1S/C20H31N3O4.ClH/c1-13(2)18(20(25)22-12-14-6-5-7-21-11-14)23-19(24)15-8-16(26-3)10-17(9-15)27-4;/h8-10,13-14,18,21H,5-7,11-12H2,1-4H3,(H,22,25)(H,23,24);1H. The van der Waals surface area contributed by atoms with Crippen LogP contribution < -0.4 is 25.4 Å². The first-order valence-corrected chi connectivity index (χ1v) is 9.47. The molecule has 8 heteroatoms. The molecule has 1 aliphatic rings. The second-order valence-electron chi connectivity index (χ2n) is 7.25. The van der Waals surface area contributed by atoms with Crippen LogP contribution >= 0.6 is 12.4 Å². The lowest BCUT2D eigenvalue weighted by Gasteiger charge is -2.26. The number of carbonyl (C=O) groups excluding carboxylic acids is 2. The van der Waals surface area contributed by atoms with Crippen LogP contribution in [0.3, 0.4) is 0 Å². The summed E-state index contributed by atoms with van der Waals surface area (Å²) in [5, 5.41) is 9.18. The summed E-state index contributed by atoms with van der Waals surface area (Å²) in [7, 11) is 3.06. The summed E-state index contributed by atoms with van der Waals surface area (Å²) in [6, 6.07) is 4.34. The first-order chi connectivity index (χ1) is 12.9. The number of carbonyl (C=O) groups is 2. The Bertz CT molecular complexity index is 626. The van der Waals surface area contributed by atoms with Crippen molar-refractivity contribution in [1.82, 2.24) is 16.0 Å². The lowest BCUT2D eigenvalue weighted by atomic mass is 9.98. The van der Waals surface area contributed by atoms with Crippen LogP contribution in [-0.4, -0.2) is 51.7 Å². The number of methoxy groups -OCH3 is 2. The van der Waals surface area contributed by atoms with Gasteiger partial charge in [0.2, 0.25) is 5.91 Å². The van der Waals surface area contributed by atoms with E-state index in [4.69, 9.17) is 9.47 Å². The third-order valence-corrected chi connectivity index (χ3v) is 4.81. The summed E-state index contributed by atoms with van der Waals surface area (Å²) in [5.74, 6) is 0.962. The number of rotatable bonds is 8. The highest BCUT2D eigenvalue weighted by atomic mass is 35.5. The van der Waals surface area contributed by atoms with Gasteiger partial charge in [0.1, 0.15) is 17.5 Å². The van der Waals surface area contributed by atoms with Gasteiger partial charge >= 0.3 is 0 Å². The van der Waals surface area contributed by atoms with E-state index in [-0.39, 0.29) is 30.1 Å². The fourth-order valence-corrected chi connectivity index (χ4v) is 3.15. The topological polar surface area (TPSA) is 88.7 Å². The highest BCUT2D eigenvalue weighted by Gasteiger charge is 2.26. The van der Waals surface area contributed by atoms with E-state index in [2.05, 4.69) is 16.0 Å². The Balaban J connectivity index is 0.00000392. The second kappa shape index (κ2) is 11.8. The molecule has 1 aliphatic heterocycles. The molecule has 1 fully saturated rings. The minimum absolute atomic E-state index is 0. The highest BCUT2D eigenvalue weighted by Crippen LogP contribution is 2.22. The third kappa shape index (κ3) is 6.87. The van der Waals surface area contributed by atoms with E-state index >= 15 is 0 Å². The number of ether oxygens (including phenoxy) is 2. The molecule has 158 valence electrons. The number of amides is 2. The molecule has 7 nitrogen and oxygen atoms in total. The predicted molar refractivity (Wildman–Crippen MR) is 111 cm³/mol. The van der Waals surface area contributed by atoms with Crippen molar-refractivity contribution >= 4 is 24.2 Å². The maximum absolute atomic E-state index is 12.7. The van der Waals surface area contributed by atoms with Crippen LogP contribution in [0.1, 0.15) is 37.0 Å². The van der Waals surface area contributed by atoms with Crippen molar-refractivity contribution in [3.63, 3.8) is 0 Å². The maximum atomic E-state index is 12.7. The minimum Gasteiger partial charge on any atom is -0.497 e. The molecular weight excluding hydrogens is 382 g/mol. The van der Waals surface area contributed by atoms with Gasteiger partial charge in [-0.05, 0) is 49.9 Å². The van der Waals surface area contributed by atoms with E-state index in [1.165, 1.54) is 14.2 Å². The van der Waals surface area contributed by atoms with Crippen molar-refractivity contribution in [3.8, 4) is 11.5 Å². The van der Waals surface area contributed by atoms with E-state index in [0.29, 0.717) is 29.5 Å². The number of benzene rings is 1. The zero-order valence-electron chi connectivity index (χ0n) is 17.0. The van der Waals surface area contributed by atoms with Crippen LogP contribution in [0.15, 0.2) is 18.2 Å². The molecule has 0 aliphatic carbocycles. The Morgan fingerprint density at radius 3 is 2.32 bits per heavy atom. The fraction of sp³-hybridized carbons (Fsp3) is 0.600. The van der Waals surface area contributed by atoms with Crippen molar-refractivity contribution < 1.29 is 19.1 Å². The molecule has 2 unspecified atom stereocenters. The Morgan fingerprint density at radius 1 is 1.18 bits per heavy atom. The van der Waals surface area contributed by atoms with Gasteiger partial charge in [-0.15, -0.1) is 12.4 Å². The molecule has 2 rings (SSSR count). The number of nitrogens with one attached hydrogen (secondary N) is 3. The summed E-state index contributed by atoms with van der Waals surface area (Å²) in [6.45, 7) is 6.41. The third-order valence-electron chi connectivity index (χ3n) is 4.81. The summed E-state index contributed by atoms with van der Waals surface area (Å²) >= 11 is 0. The first kappa shape index (κ1) is 24.0. The van der Waals surface area contributed by atoms with Gasteiger partial charge in [-0.3, -0.25) is 9.59 Å². The maximum Gasteiger partial charge on any atom is 0.252 e. The highest BCUT2D eigenvalue weighted by molar-refractivity contribution is 5.98. The number of hydrogen-bond acceptors (Lipinski definition) is 5. The Morgan fingerprint density at radius 2 is 1.82 bits per heavy atom. The zero-order chi connectivity index (χ0) is 19.8. The number of hydrogen-bond donors (Lipinski definition) is 3. The second-order valence-corrected chi connectivity index (χ2v) is 7.25. The van der Waals surface area contributed by atoms with Gasteiger partial charge in [0, 0.05) is 18.2 Å². The molecule has 1 saturated heterocycles. The molecule has 2 amide bonds. The Labute approximate surface area is 173 Å². The van der Waals surface area contributed by atoms with Crippen LogP contribution in [-0.2, 0) is 4.79 Å². The van der Waals surface area contributed by atoms with Crippen LogP contribution in [0.25, 0.3) is 0 Å². The van der Waals surface area contributed by atoms with E-state index in [1.807, 2.05) is 13.8 Å². The normalized spacial score (nSPS) is 17.2. The molecule has 28 heavy (non-hydrogen) atoms. The number of halogens is 1. The number of piperidine rings is 1. The molecule has 0 bridgehead atoms. The molecule has 1 aromatic rings. The van der Waals surface area contributed by atoms with Crippen LogP contribution in [0.2, 0.25) is 0 Å². The summed E-state index contributed by atoms with van der Waals surface area (Å²) in [5.41, 5.74) is 0.390. The average molecular weight is 414 g/mol. The van der Waals surface area contributed by atoms with Gasteiger partial charge < -0.3 is 25.4 Å². The van der Waals surface area contributed by atoms with Crippen molar-refractivity contribution in [2.45, 2.75) is 32.7 Å². The van der Waals surface area contributed by atoms with Crippen molar-refractivity contribution in [3.05, 3.63) is 23.8 Å². The fourth-order valence-electron chi connectivity index (χ4n) is 3.15. The molecule has 0 radical (unpaired) electrons. The van der Waals surface area contributed by atoms with Crippen molar-refractivity contribution in [2.75, 3.05) is 33.9 Å². The van der Waals surface area contributed by atoms with Gasteiger partial charge in [0.05, 0.1) is 14.2 Å². The zero-order valence-corrected chi connectivity index (χ0v) is 17.9. The van der Waals surface area contributed by atoms with Gasteiger partial charge in [0.15, 0.2) is 0 Å². The Hall–Kier alpha value is -1.99. The smallest absolute Gasteiger partial charge is 0.252 e. The molecule has 0 spiro atoms. The molecule has 1 aromatic carbocycles. The van der Waals surface area contributed by atoms with Crippen molar-refractivity contribution in [2.24, 2.45) is 11.8 Å². The molecular formula is C20H32ClN3O4. The molecule has 0 aromatic heterocycles. The predicted octanol–water partition coefficient (Wildman–Crippen LogP) is 2.00. The van der Waals surface area contributed by atoms with Crippen molar-refractivity contribution in [1.29, 1.82) is 0 Å². The van der Waals surface area contributed by atoms with E-state index in [0.717, 1.165) is 25.9 Å². The molecule has 3 N–H and O–H groups in total. The quantitative estimate of drug-likeness (QED) is 0.606. The first-order valence-electron chi connectivity index (χ1n) is 9.47. The van der Waals surface area contributed by atoms with Crippen LogP contribution in [0, 0.1) is 11.8 Å². The van der Waals surface area contributed by atoms with Gasteiger partial charge in [0.25, 0.3) is 5.91 Å². The minimum atomic E-state index is -0.605. The lowest BCUT2D eigenvalue weighted by molar-refractivity contribution is -0.124. The van der Waals surface area contributed by atoms with Gasteiger partial charge in [-0.1, -0.05) is 13.8 Å². The summed E-state index contributed by atoms with van der Waals surface area (Å²) in [4.78, 5) is 25.3. The summed E-state index contributed by atoms with van der Waals surface area (Å²) in [6.07, 6.45) is 2.23. The average Bonchev–Trinajstić information content (AvgIpc) is 2.70. The monoisotopic (exact) mass is 413 g/mol. The Kier molecular flexibility index (Phi) is 10.1. The molecule has 1 heterocycles. The van der Waals surface area contributed by atoms with Gasteiger partial charge in [-0.2, -0.15) is 0 Å². The van der Waals surface area contributed by atoms with E-state index in [9.17, 15) is 9.59 Å². The SMILES string of the molecule is COc1cc(OC)cc(C(=O)NC(C(=O)NCC2CCCNC2)C(C)C)c1.Cl. The largest absolute Gasteiger partial charge is 0.497 e. The summed E-state index contributed by atoms with van der Waals surface area (Å²) < 4.78 is 10.4. The molecule has 0 saturated carbocycles. The van der Waals surface area contributed by atoms with E-state index in [1.54, 1.807) is 18.2 Å². The van der Waals surface area contributed by atoms with Gasteiger partial charge in [-0.25, -0.2) is 0 Å². The lowest BCUT2D eigenvalue weighted by Crippen LogP contribution is -2.51.